The van der Waals surface area contributed by atoms with Gasteiger partial charge in [0.05, 0.1) is 33.6 Å². The molecule has 3 heterocycles. The van der Waals surface area contributed by atoms with E-state index in [1.165, 1.54) is 11.3 Å². The lowest BCUT2D eigenvalue weighted by atomic mass is 10.0. The molecule has 158 valence electrons. The van der Waals surface area contributed by atoms with E-state index in [4.69, 9.17) is 18.9 Å². The monoisotopic (exact) mass is 429 g/mol. The van der Waals surface area contributed by atoms with Crippen molar-refractivity contribution in [3.8, 4) is 17.2 Å². The number of aryl methyl sites for hydroxylation is 1. The summed E-state index contributed by atoms with van der Waals surface area (Å²) in [6.07, 6.45) is -0.519. The van der Waals surface area contributed by atoms with Crippen LogP contribution in [0.4, 0.5) is 5.69 Å². The lowest BCUT2D eigenvalue weighted by Gasteiger charge is -2.28. The molecular weight excluding hydrogens is 406 g/mol. The fourth-order valence-corrected chi connectivity index (χ4v) is 4.90. The molecule has 0 radical (unpaired) electrons. The number of hydrogen-bond acceptors (Lipinski definition) is 8. The zero-order valence-electron chi connectivity index (χ0n) is 17.4. The fraction of sp³-hybridized carbons (Fsp3) is 0.333. The molecule has 1 atom stereocenters. The quantitative estimate of drug-likeness (QED) is 0.618. The van der Waals surface area contributed by atoms with Gasteiger partial charge >= 0.3 is 0 Å². The first-order valence-electron chi connectivity index (χ1n) is 9.30. The second-order valence-electron chi connectivity index (χ2n) is 6.82. The third-order valence-corrected chi connectivity index (χ3v) is 6.07. The summed E-state index contributed by atoms with van der Waals surface area (Å²) in [5.41, 5.74) is 3.34. The fourth-order valence-electron chi connectivity index (χ4n) is 3.76. The molecule has 0 fully saturated rings. The van der Waals surface area contributed by atoms with E-state index in [0.29, 0.717) is 28.7 Å². The van der Waals surface area contributed by atoms with E-state index in [2.05, 4.69) is 15.6 Å². The van der Waals surface area contributed by atoms with Crippen molar-refractivity contribution in [1.82, 2.24) is 10.3 Å². The lowest BCUT2D eigenvalue weighted by molar-refractivity contribution is 0.0939. The van der Waals surface area contributed by atoms with Crippen molar-refractivity contribution in [3.63, 3.8) is 0 Å². The lowest BCUT2D eigenvalue weighted by Crippen LogP contribution is -2.37. The number of anilines is 1. The standard InChI is InChI=1S/C21H23N3O5S/c1-10-8-11(9-26-2)14-15-18(30-21(14)22-10)20(25)24-19(23-15)12-6-7-13(27-3)17(29-5)16(12)28-4/h6-8,19,23H,9H2,1-5H3,(H,24,25)/t19-/m0/s1. The summed E-state index contributed by atoms with van der Waals surface area (Å²) in [4.78, 5) is 19.0. The van der Waals surface area contributed by atoms with Gasteiger partial charge in [-0.25, -0.2) is 4.98 Å². The van der Waals surface area contributed by atoms with Gasteiger partial charge in [0.15, 0.2) is 11.5 Å². The van der Waals surface area contributed by atoms with Crippen molar-refractivity contribution in [1.29, 1.82) is 0 Å². The van der Waals surface area contributed by atoms with Crippen LogP contribution in [0.25, 0.3) is 10.2 Å². The molecule has 0 spiro atoms. The topological polar surface area (TPSA) is 90.9 Å². The number of thiophene rings is 1. The summed E-state index contributed by atoms with van der Waals surface area (Å²) < 4.78 is 21.8. The number of nitrogens with zero attached hydrogens (tertiary/aromatic N) is 1. The maximum Gasteiger partial charge on any atom is 0.265 e. The van der Waals surface area contributed by atoms with Crippen molar-refractivity contribution in [2.75, 3.05) is 33.8 Å². The summed E-state index contributed by atoms with van der Waals surface area (Å²) in [6.45, 7) is 2.36. The summed E-state index contributed by atoms with van der Waals surface area (Å²) in [5, 5.41) is 7.36. The Morgan fingerprint density at radius 3 is 2.50 bits per heavy atom. The molecule has 0 bridgehead atoms. The Morgan fingerprint density at radius 2 is 1.83 bits per heavy atom. The van der Waals surface area contributed by atoms with Crippen LogP contribution in [0.1, 0.15) is 32.7 Å². The van der Waals surface area contributed by atoms with Gasteiger partial charge in [0.25, 0.3) is 5.91 Å². The van der Waals surface area contributed by atoms with Gasteiger partial charge in [-0.2, -0.15) is 0 Å². The molecule has 2 N–H and O–H groups in total. The number of hydrogen-bond donors (Lipinski definition) is 2. The Bertz CT molecular complexity index is 1130. The molecule has 1 aliphatic heterocycles. The third kappa shape index (κ3) is 3.20. The van der Waals surface area contributed by atoms with E-state index < -0.39 is 6.17 Å². The first-order valence-corrected chi connectivity index (χ1v) is 10.1. The van der Waals surface area contributed by atoms with Crippen LogP contribution in [0.5, 0.6) is 17.2 Å². The van der Waals surface area contributed by atoms with Gasteiger partial charge in [-0.3, -0.25) is 4.79 Å². The number of benzene rings is 1. The van der Waals surface area contributed by atoms with Crippen LogP contribution in [-0.4, -0.2) is 39.3 Å². The highest BCUT2D eigenvalue weighted by Gasteiger charge is 2.33. The van der Waals surface area contributed by atoms with Crippen molar-refractivity contribution in [3.05, 3.63) is 39.9 Å². The van der Waals surface area contributed by atoms with Crippen LogP contribution in [0.3, 0.4) is 0 Å². The number of carbonyl (C=O) groups excluding carboxylic acids is 1. The first kappa shape index (κ1) is 20.2. The Labute approximate surface area is 178 Å². The molecule has 0 saturated heterocycles. The number of aromatic nitrogens is 1. The minimum absolute atomic E-state index is 0.172. The van der Waals surface area contributed by atoms with Gasteiger partial charge in [0.1, 0.15) is 15.9 Å². The van der Waals surface area contributed by atoms with Crippen LogP contribution in [0.2, 0.25) is 0 Å². The van der Waals surface area contributed by atoms with Crippen LogP contribution in [0, 0.1) is 6.92 Å². The normalized spacial score (nSPS) is 15.4. The average molecular weight is 429 g/mol. The van der Waals surface area contributed by atoms with Crippen molar-refractivity contribution in [2.24, 2.45) is 0 Å². The third-order valence-electron chi connectivity index (χ3n) is 4.99. The SMILES string of the molecule is COCc1cc(C)nc2sc3c(c12)N[C@H](c1ccc(OC)c(OC)c1OC)NC3=O. The van der Waals surface area contributed by atoms with Crippen molar-refractivity contribution >= 4 is 33.1 Å². The molecule has 8 nitrogen and oxygen atoms in total. The maximum absolute atomic E-state index is 13.0. The van der Waals surface area contributed by atoms with Crippen LogP contribution >= 0.6 is 11.3 Å². The zero-order valence-corrected chi connectivity index (χ0v) is 18.2. The van der Waals surface area contributed by atoms with E-state index in [-0.39, 0.29) is 5.91 Å². The summed E-state index contributed by atoms with van der Waals surface area (Å²) in [7, 11) is 6.32. The molecule has 2 aromatic heterocycles. The van der Waals surface area contributed by atoms with Gasteiger partial charge < -0.3 is 29.6 Å². The van der Waals surface area contributed by atoms with Crippen molar-refractivity contribution in [2.45, 2.75) is 19.7 Å². The summed E-state index contributed by atoms with van der Waals surface area (Å²) in [6, 6.07) is 5.61. The van der Waals surface area contributed by atoms with Gasteiger partial charge in [0.2, 0.25) is 5.75 Å². The van der Waals surface area contributed by atoms with Crippen molar-refractivity contribution < 1.29 is 23.7 Å². The maximum atomic E-state index is 13.0. The van der Waals surface area contributed by atoms with Crippen LogP contribution < -0.4 is 24.8 Å². The van der Waals surface area contributed by atoms with E-state index in [1.807, 2.05) is 19.1 Å². The first-order chi connectivity index (χ1) is 14.5. The molecule has 0 saturated carbocycles. The number of nitrogens with one attached hydrogen (secondary N) is 2. The second kappa shape index (κ2) is 8.00. The largest absolute Gasteiger partial charge is 0.493 e. The molecule has 9 heteroatoms. The number of fused-ring (bicyclic) bond motifs is 3. The Morgan fingerprint density at radius 1 is 1.07 bits per heavy atom. The molecule has 30 heavy (non-hydrogen) atoms. The molecule has 1 aliphatic rings. The van der Waals surface area contributed by atoms with E-state index in [1.54, 1.807) is 34.5 Å². The number of amides is 1. The molecule has 0 aliphatic carbocycles. The average Bonchev–Trinajstić information content (AvgIpc) is 3.11. The van der Waals surface area contributed by atoms with Gasteiger partial charge in [-0.15, -0.1) is 11.3 Å². The molecule has 4 rings (SSSR count). The van der Waals surface area contributed by atoms with E-state index in [9.17, 15) is 4.79 Å². The summed E-state index contributed by atoms with van der Waals surface area (Å²) in [5.74, 6) is 1.33. The number of rotatable bonds is 6. The molecule has 1 amide bonds. The highest BCUT2D eigenvalue weighted by Crippen LogP contribution is 2.46. The van der Waals surface area contributed by atoms with Crippen LogP contribution in [0.15, 0.2) is 18.2 Å². The van der Waals surface area contributed by atoms with E-state index in [0.717, 1.165) is 32.7 Å². The Hall–Kier alpha value is -3.04. The number of carbonyl (C=O) groups is 1. The molecular formula is C21H23N3O5S. The highest BCUT2D eigenvalue weighted by molar-refractivity contribution is 7.21. The van der Waals surface area contributed by atoms with Gasteiger partial charge in [0, 0.05) is 23.8 Å². The molecule has 1 aromatic carbocycles. The molecule has 0 unspecified atom stereocenters. The van der Waals surface area contributed by atoms with Gasteiger partial charge in [-0.05, 0) is 30.7 Å². The minimum atomic E-state index is -0.519. The van der Waals surface area contributed by atoms with Crippen LogP contribution in [-0.2, 0) is 11.3 Å². The van der Waals surface area contributed by atoms with E-state index >= 15 is 0 Å². The number of ether oxygens (including phenoxy) is 4. The minimum Gasteiger partial charge on any atom is -0.493 e. The predicted molar refractivity (Wildman–Crippen MR) is 115 cm³/mol. The Kier molecular flexibility index (Phi) is 5.40. The Balaban J connectivity index is 1.85. The number of pyridine rings is 1. The van der Waals surface area contributed by atoms with Gasteiger partial charge in [-0.1, -0.05) is 0 Å². The number of methoxy groups -OCH3 is 4. The highest BCUT2D eigenvalue weighted by atomic mass is 32.1. The zero-order chi connectivity index (χ0) is 21.4. The predicted octanol–water partition coefficient (Wildman–Crippen LogP) is 3.63. The summed E-state index contributed by atoms with van der Waals surface area (Å²) >= 11 is 1.37. The smallest absolute Gasteiger partial charge is 0.265 e. The molecule has 3 aromatic rings. The second-order valence-corrected chi connectivity index (χ2v) is 7.82.